The average molecular weight is 314 g/mol. The highest BCUT2D eigenvalue weighted by Crippen LogP contribution is 2.33. The number of fused-ring (bicyclic) bond motifs is 1. The van der Waals surface area contributed by atoms with E-state index in [0.717, 1.165) is 21.7 Å². The summed E-state index contributed by atoms with van der Waals surface area (Å²) in [5.74, 6) is 2.18. The van der Waals surface area contributed by atoms with E-state index in [1.54, 1.807) is 23.1 Å². The largest absolute Gasteiger partial charge is 0.437 e. The molecule has 106 valence electrons. The summed E-state index contributed by atoms with van der Waals surface area (Å²) >= 11 is 3.14. The first-order valence-electron chi connectivity index (χ1n) is 6.50. The van der Waals surface area contributed by atoms with E-state index in [0.29, 0.717) is 11.0 Å². The molecule has 0 saturated carbocycles. The van der Waals surface area contributed by atoms with Crippen LogP contribution in [-0.2, 0) is 0 Å². The zero-order valence-electron chi connectivity index (χ0n) is 11.6. The van der Waals surface area contributed by atoms with Gasteiger partial charge in [0.05, 0.1) is 5.52 Å². The molecule has 0 aliphatic carbocycles. The van der Waals surface area contributed by atoms with Crippen LogP contribution in [0.4, 0.5) is 0 Å². The van der Waals surface area contributed by atoms with Crippen LogP contribution in [0.15, 0.2) is 53.5 Å². The third-order valence-electron chi connectivity index (χ3n) is 2.82. The van der Waals surface area contributed by atoms with E-state index >= 15 is 0 Å². The standard InChI is InChI=1S/C16H14N2OS2/c1-3-9-21-16-17-13-8-10-20-14(13)15(18-16)19-12-6-4-11(2)5-7-12/h3-8,10H,1,9H2,2H3. The Kier molecular flexibility index (Phi) is 4.22. The molecule has 0 saturated heterocycles. The monoisotopic (exact) mass is 314 g/mol. The summed E-state index contributed by atoms with van der Waals surface area (Å²) < 4.78 is 6.92. The third-order valence-corrected chi connectivity index (χ3v) is 4.55. The summed E-state index contributed by atoms with van der Waals surface area (Å²) in [5.41, 5.74) is 2.12. The van der Waals surface area contributed by atoms with Crippen molar-refractivity contribution in [2.75, 3.05) is 5.75 Å². The third kappa shape index (κ3) is 3.25. The number of hydrogen-bond acceptors (Lipinski definition) is 5. The quantitative estimate of drug-likeness (QED) is 0.374. The zero-order valence-corrected chi connectivity index (χ0v) is 13.2. The lowest BCUT2D eigenvalue weighted by atomic mass is 10.2. The molecule has 1 aromatic carbocycles. The van der Waals surface area contributed by atoms with Gasteiger partial charge in [-0.1, -0.05) is 35.5 Å². The molecule has 0 unspecified atom stereocenters. The van der Waals surface area contributed by atoms with E-state index < -0.39 is 0 Å². The van der Waals surface area contributed by atoms with Crippen molar-refractivity contribution in [3.05, 3.63) is 53.9 Å². The molecule has 0 aliphatic rings. The van der Waals surface area contributed by atoms with Crippen LogP contribution < -0.4 is 4.74 Å². The van der Waals surface area contributed by atoms with Gasteiger partial charge in [-0.15, -0.1) is 17.9 Å². The van der Waals surface area contributed by atoms with Gasteiger partial charge in [0.1, 0.15) is 10.4 Å². The summed E-state index contributed by atoms with van der Waals surface area (Å²) in [6.07, 6.45) is 1.84. The Balaban J connectivity index is 1.97. The summed E-state index contributed by atoms with van der Waals surface area (Å²) in [4.78, 5) is 9.04. The number of benzene rings is 1. The number of nitrogens with zero attached hydrogens (tertiary/aromatic N) is 2. The van der Waals surface area contributed by atoms with Crippen molar-refractivity contribution in [1.82, 2.24) is 9.97 Å². The lowest BCUT2D eigenvalue weighted by Crippen LogP contribution is -1.93. The minimum atomic E-state index is 0.616. The van der Waals surface area contributed by atoms with Gasteiger partial charge in [-0.05, 0) is 30.5 Å². The fourth-order valence-electron chi connectivity index (χ4n) is 1.80. The molecule has 2 aromatic heterocycles. The van der Waals surface area contributed by atoms with Crippen molar-refractivity contribution >= 4 is 33.3 Å². The van der Waals surface area contributed by atoms with Crippen molar-refractivity contribution in [1.29, 1.82) is 0 Å². The predicted octanol–water partition coefficient (Wildman–Crippen LogP) is 5.07. The van der Waals surface area contributed by atoms with Crippen LogP contribution in [0.2, 0.25) is 0 Å². The Morgan fingerprint density at radius 2 is 2.05 bits per heavy atom. The highest BCUT2D eigenvalue weighted by atomic mass is 32.2. The highest BCUT2D eigenvalue weighted by Gasteiger charge is 2.11. The molecule has 0 bridgehead atoms. The van der Waals surface area contributed by atoms with Crippen LogP contribution in [0.25, 0.3) is 10.2 Å². The SMILES string of the molecule is C=CCSc1nc(Oc2ccc(C)cc2)c2sccc2n1. The van der Waals surface area contributed by atoms with Gasteiger partial charge in [0, 0.05) is 5.75 Å². The maximum Gasteiger partial charge on any atom is 0.241 e. The first-order valence-corrected chi connectivity index (χ1v) is 8.36. The van der Waals surface area contributed by atoms with Crippen molar-refractivity contribution in [2.24, 2.45) is 0 Å². The molecule has 2 heterocycles. The van der Waals surface area contributed by atoms with Gasteiger partial charge in [0.2, 0.25) is 5.88 Å². The van der Waals surface area contributed by atoms with E-state index in [9.17, 15) is 0 Å². The molecular weight excluding hydrogens is 300 g/mol. The van der Waals surface area contributed by atoms with Gasteiger partial charge in [-0.25, -0.2) is 4.98 Å². The van der Waals surface area contributed by atoms with Gasteiger partial charge in [-0.2, -0.15) is 4.98 Å². The molecular formula is C16H14N2OS2. The minimum Gasteiger partial charge on any atom is -0.437 e. The van der Waals surface area contributed by atoms with Gasteiger partial charge >= 0.3 is 0 Å². The second kappa shape index (κ2) is 6.28. The molecule has 0 amide bonds. The van der Waals surface area contributed by atoms with Crippen molar-refractivity contribution < 1.29 is 4.74 Å². The van der Waals surface area contributed by atoms with Crippen LogP contribution in [0.1, 0.15) is 5.56 Å². The summed E-state index contributed by atoms with van der Waals surface area (Å²) in [5, 5.41) is 2.71. The number of aromatic nitrogens is 2. The van der Waals surface area contributed by atoms with Crippen molar-refractivity contribution in [3.8, 4) is 11.6 Å². The maximum absolute atomic E-state index is 5.95. The molecule has 5 heteroatoms. The number of ether oxygens (including phenoxy) is 1. The Morgan fingerprint density at radius 3 is 2.81 bits per heavy atom. The topological polar surface area (TPSA) is 35.0 Å². The number of hydrogen-bond donors (Lipinski definition) is 0. The fourth-order valence-corrected chi connectivity index (χ4v) is 3.13. The van der Waals surface area contributed by atoms with Crippen LogP contribution in [0, 0.1) is 6.92 Å². The Hall–Kier alpha value is -1.85. The van der Waals surface area contributed by atoms with Gasteiger partial charge in [-0.3, -0.25) is 0 Å². The van der Waals surface area contributed by atoms with E-state index in [2.05, 4.69) is 23.5 Å². The minimum absolute atomic E-state index is 0.616. The molecule has 0 aliphatic heterocycles. The van der Waals surface area contributed by atoms with E-state index in [4.69, 9.17) is 4.74 Å². The predicted molar refractivity (Wildman–Crippen MR) is 89.6 cm³/mol. The molecule has 0 radical (unpaired) electrons. The number of aryl methyl sites for hydroxylation is 1. The Labute approximate surface area is 131 Å². The van der Waals surface area contributed by atoms with Gasteiger partial charge in [0.25, 0.3) is 0 Å². The number of thioether (sulfide) groups is 1. The molecule has 3 nitrogen and oxygen atoms in total. The Morgan fingerprint density at radius 1 is 1.24 bits per heavy atom. The zero-order chi connectivity index (χ0) is 14.7. The first kappa shape index (κ1) is 14.1. The van der Waals surface area contributed by atoms with E-state index in [1.165, 1.54) is 5.56 Å². The highest BCUT2D eigenvalue weighted by molar-refractivity contribution is 7.99. The molecule has 0 atom stereocenters. The maximum atomic E-state index is 5.95. The smallest absolute Gasteiger partial charge is 0.241 e. The fraction of sp³-hybridized carbons (Fsp3) is 0.125. The summed E-state index contributed by atoms with van der Waals surface area (Å²) in [6.45, 7) is 5.77. The molecule has 3 aromatic rings. The molecule has 3 rings (SSSR count). The molecule has 0 fully saturated rings. The molecule has 0 spiro atoms. The summed E-state index contributed by atoms with van der Waals surface area (Å²) in [7, 11) is 0. The van der Waals surface area contributed by atoms with Gasteiger partial charge in [0.15, 0.2) is 5.16 Å². The normalized spacial score (nSPS) is 10.7. The van der Waals surface area contributed by atoms with Crippen LogP contribution in [0.5, 0.6) is 11.6 Å². The molecule has 21 heavy (non-hydrogen) atoms. The average Bonchev–Trinajstić information content (AvgIpc) is 2.96. The number of thiophene rings is 1. The van der Waals surface area contributed by atoms with E-state index in [1.807, 2.05) is 41.8 Å². The molecule has 0 N–H and O–H groups in total. The lowest BCUT2D eigenvalue weighted by Gasteiger charge is -2.07. The van der Waals surface area contributed by atoms with E-state index in [-0.39, 0.29) is 0 Å². The van der Waals surface area contributed by atoms with Gasteiger partial charge < -0.3 is 4.74 Å². The van der Waals surface area contributed by atoms with Crippen LogP contribution in [-0.4, -0.2) is 15.7 Å². The van der Waals surface area contributed by atoms with Crippen LogP contribution in [0.3, 0.4) is 0 Å². The second-order valence-corrected chi connectivity index (χ2v) is 6.36. The van der Waals surface area contributed by atoms with Crippen LogP contribution >= 0.6 is 23.1 Å². The Bertz CT molecular complexity index is 766. The second-order valence-electron chi connectivity index (χ2n) is 4.46. The lowest BCUT2D eigenvalue weighted by molar-refractivity contribution is 0.463. The first-order chi connectivity index (χ1) is 10.3. The summed E-state index contributed by atoms with van der Waals surface area (Å²) in [6, 6.07) is 9.94. The van der Waals surface area contributed by atoms with Crippen molar-refractivity contribution in [2.45, 2.75) is 12.1 Å². The number of rotatable bonds is 5. The van der Waals surface area contributed by atoms with Crippen molar-refractivity contribution in [3.63, 3.8) is 0 Å².